The minimum absolute atomic E-state index is 0.239. The van der Waals surface area contributed by atoms with Crippen LogP contribution in [0.3, 0.4) is 0 Å². The summed E-state index contributed by atoms with van der Waals surface area (Å²) in [5.74, 6) is 1.55. The molecule has 0 aliphatic carbocycles. The molecule has 0 atom stereocenters. The molecule has 0 aromatic heterocycles. The highest BCUT2D eigenvalue weighted by molar-refractivity contribution is 6.12. The Hall–Kier alpha value is -3.08. The van der Waals surface area contributed by atoms with Crippen molar-refractivity contribution in [1.29, 1.82) is 0 Å². The smallest absolute Gasteiger partial charge is 0.363 e. The molecule has 5 heteroatoms. The zero-order chi connectivity index (χ0) is 18.7. The van der Waals surface area contributed by atoms with Gasteiger partial charge in [-0.3, -0.25) is 0 Å². The molecule has 3 rings (SSSR count). The summed E-state index contributed by atoms with van der Waals surface area (Å²) in [5.41, 5.74) is 2.98. The molecule has 0 unspecified atom stereocenters. The van der Waals surface area contributed by atoms with Gasteiger partial charge in [-0.25, -0.2) is 9.79 Å². The lowest BCUT2D eigenvalue weighted by Gasteiger charge is -2.05. The summed E-state index contributed by atoms with van der Waals surface area (Å²) in [6.45, 7) is 4.26. The fourth-order valence-electron chi connectivity index (χ4n) is 2.61. The first-order chi connectivity index (χ1) is 12.5. The standard InChI is InChI=1S/C21H21NO4/c1-13(2)15-5-7-16(8-6-15)20-22-19(21(23)26-20)11-14-9-17(24-3)12-18(10-14)25-4/h5-13H,1-4H3/b19-11-. The van der Waals surface area contributed by atoms with Crippen LogP contribution in [0.15, 0.2) is 53.2 Å². The van der Waals surface area contributed by atoms with E-state index in [-0.39, 0.29) is 5.70 Å². The van der Waals surface area contributed by atoms with Crippen LogP contribution in [0.4, 0.5) is 0 Å². The second-order valence-electron chi connectivity index (χ2n) is 6.26. The second kappa shape index (κ2) is 7.44. The van der Waals surface area contributed by atoms with Gasteiger partial charge in [0, 0.05) is 11.6 Å². The number of carbonyl (C=O) groups excluding carboxylic acids is 1. The van der Waals surface area contributed by atoms with Gasteiger partial charge < -0.3 is 14.2 Å². The van der Waals surface area contributed by atoms with Crippen LogP contribution in [0.5, 0.6) is 11.5 Å². The fraction of sp³-hybridized carbons (Fsp3) is 0.238. The van der Waals surface area contributed by atoms with E-state index in [1.165, 1.54) is 5.56 Å². The molecule has 26 heavy (non-hydrogen) atoms. The zero-order valence-electron chi connectivity index (χ0n) is 15.3. The first-order valence-electron chi connectivity index (χ1n) is 8.36. The lowest BCUT2D eigenvalue weighted by Crippen LogP contribution is -2.05. The summed E-state index contributed by atoms with van der Waals surface area (Å²) < 4.78 is 15.8. The fourth-order valence-corrected chi connectivity index (χ4v) is 2.61. The minimum Gasteiger partial charge on any atom is -0.497 e. The largest absolute Gasteiger partial charge is 0.497 e. The highest BCUT2D eigenvalue weighted by atomic mass is 16.6. The Balaban J connectivity index is 1.91. The van der Waals surface area contributed by atoms with Crippen LogP contribution < -0.4 is 9.47 Å². The molecule has 2 aromatic rings. The van der Waals surface area contributed by atoms with E-state index in [9.17, 15) is 4.79 Å². The third kappa shape index (κ3) is 3.77. The van der Waals surface area contributed by atoms with Crippen LogP contribution in [0.25, 0.3) is 6.08 Å². The molecule has 134 valence electrons. The summed E-state index contributed by atoms with van der Waals surface area (Å²) in [6.07, 6.45) is 1.66. The first-order valence-corrected chi connectivity index (χ1v) is 8.36. The molecule has 0 saturated carbocycles. The molecule has 1 aliphatic rings. The van der Waals surface area contributed by atoms with Crippen LogP contribution >= 0.6 is 0 Å². The Labute approximate surface area is 152 Å². The summed E-state index contributed by atoms with van der Waals surface area (Å²) >= 11 is 0. The molecule has 0 N–H and O–H groups in total. The second-order valence-corrected chi connectivity index (χ2v) is 6.26. The maximum Gasteiger partial charge on any atom is 0.363 e. The third-order valence-electron chi connectivity index (χ3n) is 4.12. The van der Waals surface area contributed by atoms with Gasteiger partial charge in [0.15, 0.2) is 5.70 Å². The van der Waals surface area contributed by atoms with E-state index in [2.05, 4.69) is 18.8 Å². The van der Waals surface area contributed by atoms with Gasteiger partial charge >= 0.3 is 5.97 Å². The molecule has 0 radical (unpaired) electrons. The first kappa shape index (κ1) is 17.7. The van der Waals surface area contributed by atoms with Gasteiger partial charge in [0.25, 0.3) is 0 Å². The van der Waals surface area contributed by atoms with Crippen molar-refractivity contribution in [2.75, 3.05) is 14.2 Å². The van der Waals surface area contributed by atoms with Crippen LogP contribution in [0.2, 0.25) is 0 Å². The number of benzene rings is 2. The van der Waals surface area contributed by atoms with Crippen molar-refractivity contribution in [2.45, 2.75) is 19.8 Å². The number of nitrogens with zero attached hydrogens (tertiary/aromatic N) is 1. The summed E-state index contributed by atoms with van der Waals surface area (Å²) in [5, 5.41) is 0. The number of esters is 1. The van der Waals surface area contributed by atoms with Crippen molar-refractivity contribution in [3.05, 3.63) is 64.9 Å². The van der Waals surface area contributed by atoms with Crippen molar-refractivity contribution in [3.63, 3.8) is 0 Å². The zero-order valence-corrected chi connectivity index (χ0v) is 15.3. The molecule has 2 aromatic carbocycles. The molecule has 0 amide bonds. The van der Waals surface area contributed by atoms with Crippen molar-refractivity contribution in [2.24, 2.45) is 4.99 Å². The Bertz CT molecular complexity index is 857. The van der Waals surface area contributed by atoms with Crippen molar-refractivity contribution >= 4 is 17.9 Å². The molecule has 1 heterocycles. The average molecular weight is 351 g/mol. The van der Waals surface area contributed by atoms with Crippen LogP contribution in [0, 0.1) is 0 Å². The van der Waals surface area contributed by atoms with E-state index in [4.69, 9.17) is 14.2 Å². The van der Waals surface area contributed by atoms with E-state index in [0.29, 0.717) is 23.3 Å². The summed E-state index contributed by atoms with van der Waals surface area (Å²) in [6, 6.07) is 13.2. The average Bonchev–Trinajstić information content (AvgIpc) is 3.01. The molecular weight excluding hydrogens is 330 g/mol. The van der Waals surface area contributed by atoms with Gasteiger partial charge in [-0.1, -0.05) is 26.0 Å². The van der Waals surface area contributed by atoms with Gasteiger partial charge in [-0.05, 0) is 47.4 Å². The third-order valence-corrected chi connectivity index (χ3v) is 4.12. The predicted molar refractivity (Wildman–Crippen MR) is 101 cm³/mol. The Morgan fingerprint density at radius 1 is 1.00 bits per heavy atom. The van der Waals surface area contributed by atoms with E-state index in [1.807, 2.05) is 24.3 Å². The number of aliphatic imine (C=N–C) groups is 1. The number of rotatable bonds is 5. The van der Waals surface area contributed by atoms with Gasteiger partial charge in [-0.2, -0.15) is 0 Å². The van der Waals surface area contributed by atoms with Crippen molar-refractivity contribution < 1.29 is 19.0 Å². The lowest BCUT2D eigenvalue weighted by molar-refractivity contribution is -0.129. The highest BCUT2D eigenvalue weighted by Gasteiger charge is 2.24. The van der Waals surface area contributed by atoms with Crippen LogP contribution in [-0.4, -0.2) is 26.1 Å². The van der Waals surface area contributed by atoms with Gasteiger partial charge in [0.1, 0.15) is 11.5 Å². The van der Waals surface area contributed by atoms with Crippen LogP contribution in [0.1, 0.15) is 36.5 Å². The summed E-state index contributed by atoms with van der Waals surface area (Å²) in [4.78, 5) is 16.5. The quantitative estimate of drug-likeness (QED) is 0.599. The number of carbonyl (C=O) groups is 1. The monoisotopic (exact) mass is 351 g/mol. The summed E-state index contributed by atoms with van der Waals surface area (Å²) in [7, 11) is 3.15. The number of ether oxygens (including phenoxy) is 3. The number of hydrogen-bond acceptors (Lipinski definition) is 5. The van der Waals surface area contributed by atoms with Gasteiger partial charge in [-0.15, -0.1) is 0 Å². The van der Waals surface area contributed by atoms with E-state index >= 15 is 0 Å². The molecule has 5 nitrogen and oxygen atoms in total. The molecule has 1 aliphatic heterocycles. The van der Waals surface area contributed by atoms with E-state index in [0.717, 1.165) is 11.1 Å². The molecule has 0 bridgehead atoms. The maximum atomic E-state index is 12.2. The number of cyclic esters (lactones) is 1. The number of hydrogen-bond donors (Lipinski definition) is 0. The normalized spacial score (nSPS) is 15.2. The van der Waals surface area contributed by atoms with Crippen molar-refractivity contribution in [3.8, 4) is 11.5 Å². The maximum absolute atomic E-state index is 12.2. The Morgan fingerprint density at radius 3 is 2.15 bits per heavy atom. The molecular formula is C21H21NO4. The van der Waals surface area contributed by atoms with Crippen LogP contribution in [-0.2, 0) is 9.53 Å². The lowest BCUT2D eigenvalue weighted by atomic mass is 10.0. The number of methoxy groups -OCH3 is 2. The predicted octanol–water partition coefficient (Wildman–Crippen LogP) is 4.17. The van der Waals surface area contributed by atoms with E-state index in [1.54, 1.807) is 38.5 Å². The minimum atomic E-state index is -0.477. The van der Waals surface area contributed by atoms with Gasteiger partial charge in [0.05, 0.1) is 14.2 Å². The Morgan fingerprint density at radius 2 is 1.62 bits per heavy atom. The molecule has 0 saturated heterocycles. The highest BCUT2D eigenvalue weighted by Crippen LogP contribution is 2.26. The molecule has 0 fully saturated rings. The topological polar surface area (TPSA) is 57.1 Å². The van der Waals surface area contributed by atoms with E-state index < -0.39 is 5.97 Å². The Kier molecular flexibility index (Phi) is 5.07. The SMILES string of the molecule is COc1cc(/C=C2\N=C(c3ccc(C(C)C)cc3)OC2=O)cc(OC)c1. The van der Waals surface area contributed by atoms with Gasteiger partial charge in [0.2, 0.25) is 5.90 Å². The van der Waals surface area contributed by atoms with Crippen molar-refractivity contribution in [1.82, 2.24) is 0 Å². The molecule has 0 spiro atoms.